The minimum atomic E-state index is 0.171. The molecule has 0 amide bonds. The fourth-order valence-corrected chi connectivity index (χ4v) is 1.46. The molecule has 0 rings (SSSR count). The molecule has 2 N–H and O–H groups in total. The van der Waals surface area contributed by atoms with Crippen LogP contribution < -0.4 is 0 Å². The highest BCUT2D eigenvalue weighted by atomic mass is 16.3. The average molecular weight is 203 g/mol. The maximum Gasteiger partial charge on any atom is 0.0443 e. The predicted octanol–water partition coefficient (Wildman–Crippen LogP) is 1.24. The molecule has 0 bridgehead atoms. The Morgan fingerprint density at radius 1 is 1.00 bits per heavy atom. The topological polar surface area (TPSA) is 43.7 Å². The smallest absolute Gasteiger partial charge is 0.0443 e. The zero-order chi connectivity index (χ0) is 11.0. The zero-order valence-electron chi connectivity index (χ0n) is 9.79. The van der Waals surface area contributed by atoms with Crippen LogP contribution in [0.3, 0.4) is 0 Å². The summed E-state index contributed by atoms with van der Waals surface area (Å²) in [5.41, 5.74) is 0.171. The molecular formula is C11H25NO2. The third-order valence-corrected chi connectivity index (χ3v) is 2.89. The van der Waals surface area contributed by atoms with E-state index in [-0.39, 0.29) is 18.8 Å². The molecule has 14 heavy (non-hydrogen) atoms. The Kier molecular flexibility index (Phi) is 7.15. The third kappa shape index (κ3) is 4.94. The lowest BCUT2D eigenvalue weighted by molar-refractivity contribution is 0.0960. The van der Waals surface area contributed by atoms with E-state index >= 15 is 0 Å². The van der Waals surface area contributed by atoms with Crippen molar-refractivity contribution < 1.29 is 10.2 Å². The van der Waals surface area contributed by atoms with Gasteiger partial charge in [-0.25, -0.2) is 0 Å². The van der Waals surface area contributed by atoms with E-state index in [1.165, 1.54) is 0 Å². The van der Waals surface area contributed by atoms with Crippen LogP contribution in [0.15, 0.2) is 0 Å². The van der Waals surface area contributed by atoms with E-state index in [2.05, 4.69) is 25.7 Å². The third-order valence-electron chi connectivity index (χ3n) is 2.89. The van der Waals surface area contributed by atoms with Crippen molar-refractivity contribution >= 4 is 0 Å². The van der Waals surface area contributed by atoms with Crippen molar-refractivity contribution in [3.05, 3.63) is 0 Å². The Morgan fingerprint density at radius 2 is 1.43 bits per heavy atom. The fraction of sp³-hybridized carbons (Fsp3) is 1.00. The molecule has 0 aliphatic carbocycles. The van der Waals surface area contributed by atoms with Gasteiger partial charge in [0, 0.05) is 31.8 Å². The zero-order valence-corrected chi connectivity index (χ0v) is 9.79. The number of aliphatic hydroxyl groups excluding tert-OH is 2. The van der Waals surface area contributed by atoms with Gasteiger partial charge < -0.3 is 10.2 Å². The van der Waals surface area contributed by atoms with E-state index in [0.29, 0.717) is 0 Å². The Balaban J connectivity index is 4.08. The van der Waals surface area contributed by atoms with Crippen LogP contribution in [0, 0.1) is 0 Å². The summed E-state index contributed by atoms with van der Waals surface area (Å²) in [6.07, 6.45) is 2.72. The van der Waals surface area contributed by atoms with E-state index in [4.69, 9.17) is 10.2 Å². The predicted molar refractivity (Wildman–Crippen MR) is 59.3 cm³/mol. The molecule has 0 spiro atoms. The molecular weight excluding hydrogens is 178 g/mol. The second kappa shape index (κ2) is 7.21. The van der Waals surface area contributed by atoms with Crippen LogP contribution in [0.25, 0.3) is 0 Å². The second-order valence-corrected chi connectivity index (χ2v) is 4.31. The summed E-state index contributed by atoms with van der Waals surface area (Å²) in [6.45, 7) is 8.91. The first-order valence-corrected chi connectivity index (χ1v) is 5.55. The lowest BCUT2D eigenvalue weighted by Gasteiger charge is -2.38. The lowest BCUT2D eigenvalue weighted by Crippen LogP contribution is -2.45. The molecule has 0 radical (unpaired) electrons. The monoisotopic (exact) mass is 203 g/mol. The van der Waals surface area contributed by atoms with Crippen LogP contribution in [-0.4, -0.2) is 47.0 Å². The highest BCUT2D eigenvalue weighted by Gasteiger charge is 2.23. The van der Waals surface area contributed by atoms with E-state index in [1.54, 1.807) is 0 Å². The molecule has 3 nitrogen and oxygen atoms in total. The number of aliphatic hydroxyl groups is 2. The van der Waals surface area contributed by atoms with Gasteiger partial charge >= 0.3 is 0 Å². The SMILES string of the molecule is CCC(C)(C)N(CCCO)CCCO. The molecule has 0 saturated carbocycles. The van der Waals surface area contributed by atoms with Gasteiger partial charge in [-0.2, -0.15) is 0 Å². The van der Waals surface area contributed by atoms with Gasteiger partial charge in [-0.05, 0) is 33.1 Å². The largest absolute Gasteiger partial charge is 0.396 e. The molecule has 0 aliphatic rings. The Bertz CT molecular complexity index is 129. The summed E-state index contributed by atoms with van der Waals surface area (Å²) < 4.78 is 0. The van der Waals surface area contributed by atoms with Crippen molar-refractivity contribution in [2.45, 2.75) is 45.6 Å². The van der Waals surface area contributed by atoms with Crippen LogP contribution in [-0.2, 0) is 0 Å². The Morgan fingerprint density at radius 3 is 1.71 bits per heavy atom. The van der Waals surface area contributed by atoms with Crippen molar-refractivity contribution in [3.63, 3.8) is 0 Å². The Labute approximate surface area is 87.7 Å². The molecule has 0 fully saturated rings. The van der Waals surface area contributed by atoms with E-state index in [0.717, 1.165) is 32.4 Å². The minimum absolute atomic E-state index is 0.171. The van der Waals surface area contributed by atoms with Gasteiger partial charge in [0.2, 0.25) is 0 Å². The lowest BCUT2D eigenvalue weighted by atomic mass is 9.98. The van der Waals surface area contributed by atoms with Gasteiger partial charge in [-0.3, -0.25) is 4.90 Å². The minimum Gasteiger partial charge on any atom is -0.396 e. The summed E-state index contributed by atoms with van der Waals surface area (Å²) in [4.78, 5) is 2.35. The van der Waals surface area contributed by atoms with Gasteiger partial charge in [0.15, 0.2) is 0 Å². The molecule has 3 heteroatoms. The molecule has 0 aliphatic heterocycles. The van der Waals surface area contributed by atoms with Crippen molar-refractivity contribution in [1.82, 2.24) is 4.90 Å². The molecule has 86 valence electrons. The number of rotatable bonds is 8. The summed E-state index contributed by atoms with van der Waals surface area (Å²) >= 11 is 0. The van der Waals surface area contributed by atoms with Gasteiger partial charge in [-0.15, -0.1) is 0 Å². The van der Waals surface area contributed by atoms with E-state index < -0.39 is 0 Å². The maximum atomic E-state index is 8.80. The fourth-order valence-electron chi connectivity index (χ4n) is 1.46. The van der Waals surface area contributed by atoms with Gasteiger partial charge in [-0.1, -0.05) is 6.92 Å². The normalized spacial score (nSPS) is 12.4. The summed E-state index contributed by atoms with van der Waals surface area (Å²) in [7, 11) is 0. The van der Waals surface area contributed by atoms with Crippen molar-refractivity contribution in [2.24, 2.45) is 0 Å². The van der Waals surface area contributed by atoms with E-state index in [9.17, 15) is 0 Å². The maximum absolute atomic E-state index is 8.80. The van der Waals surface area contributed by atoms with Crippen LogP contribution in [0.2, 0.25) is 0 Å². The highest BCUT2D eigenvalue weighted by molar-refractivity contribution is 4.79. The van der Waals surface area contributed by atoms with Crippen molar-refractivity contribution in [2.75, 3.05) is 26.3 Å². The number of nitrogens with zero attached hydrogens (tertiary/aromatic N) is 1. The van der Waals surface area contributed by atoms with Crippen LogP contribution in [0.4, 0.5) is 0 Å². The molecule has 0 heterocycles. The standard InChI is InChI=1S/C11H25NO2/c1-4-11(2,3)12(7-5-9-13)8-6-10-14/h13-14H,4-10H2,1-3H3. The van der Waals surface area contributed by atoms with Crippen molar-refractivity contribution in [3.8, 4) is 0 Å². The first-order chi connectivity index (χ1) is 6.58. The molecule has 0 aromatic carbocycles. The quantitative estimate of drug-likeness (QED) is 0.624. The van der Waals surface area contributed by atoms with Gasteiger partial charge in [0.25, 0.3) is 0 Å². The molecule has 0 aromatic heterocycles. The average Bonchev–Trinajstić information content (AvgIpc) is 2.17. The van der Waals surface area contributed by atoms with Crippen molar-refractivity contribution in [1.29, 1.82) is 0 Å². The van der Waals surface area contributed by atoms with E-state index in [1.807, 2.05) is 0 Å². The van der Waals surface area contributed by atoms with Gasteiger partial charge in [0.1, 0.15) is 0 Å². The summed E-state index contributed by atoms with van der Waals surface area (Å²) in [5, 5.41) is 17.6. The first-order valence-electron chi connectivity index (χ1n) is 5.55. The van der Waals surface area contributed by atoms with Crippen LogP contribution in [0.5, 0.6) is 0 Å². The number of hydrogen-bond acceptors (Lipinski definition) is 3. The molecule has 0 unspecified atom stereocenters. The Hall–Kier alpha value is -0.120. The second-order valence-electron chi connectivity index (χ2n) is 4.31. The summed E-state index contributed by atoms with van der Waals surface area (Å²) in [5.74, 6) is 0. The molecule has 0 atom stereocenters. The molecule has 0 aromatic rings. The van der Waals surface area contributed by atoms with Crippen LogP contribution >= 0.6 is 0 Å². The molecule has 0 saturated heterocycles. The first kappa shape index (κ1) is 13.9. The number of hydrogen-bond donors (Lipinski definition) is 2. The highest BCUT2D eigenvalue weighted by Crippen LogP contribution is 2.18. The summed E-state index contributed by atoms with van der Waals surface area (Å²) in [6, 6.07) is 0. The van der Waals surface area contributed by atoms with Gasteiger partial charge in [0.05, 0.1) is 0 Å². The van der Waals surface area contributed by atoms with Crippen LogP contribution in [0.1, 0.15) is 40.0 Å².